The van der Waals surface area contributed by atoms with Crippen LogP contribution in [0.2, 0.25) is 10.0 Å². The lowest BCUT2D eigenvalue weighted by atomic mass is 10.2. The number of sulfonamides is 1. The molecule has 0 unspecified atom stereocenters. The van der Waals surface area contributed by atoms with Gasteiger partial charge in [0.2, 0.25) is 0 Å². The summed E-state index contributed by atoms with van der Waals surface area (Å²) >= 11 is 11.6. The molecule has 0 radical (unpaired) electrons. The van der Waals surface area contributed by atoms with E-state index in [2.05, 4.69) is 4.72 Å². The molecule has 2 rings (SSSR count). The van der Waals surface area contributed by atoms with Crippen LogP contribution in [0.25, 0.3) is 0 Å². The second-order valence-electron chi connectivity index (χ2n) is 3.87. The summed E-state index contributed by atoms with van der Waals surface area (Å²) in [6.45, 7) is 0. The predicted molar refractivity (Wildman–Crippen MR) is 78.4 cm³/mol. The molecule has 0 atom stereocenters. The molecule has 0 saturated heterocycles. The lowest BCUT2D eigenvalue weighted by Crippen LogP contribution is -2.12. The highest BCUT2D eigenvalue weighted by molar-refractivity contribution is 7.92. The second kappa shape index (κ2) is 5.71. The van der Waals surface area contributed by atoms with Crippen molar-refractivity contribution >= 4 is 38.9 Å². The van der Waals surface area contributed by atoms with E-state index in [0.29, 0.717) is 16.3 Å². The highest BCUT2D eigenvalue weighted by atomic mass is 35.5. The van der Waals surface area contributed by atoms with Crippen molar-refractivity contribution in [2.24, 2.45) is 0 Å². The monoisotopic (exact) mass is 326 g/mol. The first kappa shape index (κ1) is 14.7. The lowest BCUT2D eigenvalue weighted by Gasteiger charge is -2.08. The highest BCUT2D eigenvalue weighted by Gasteiger charge is 2.14. The Bertz CT molecular complexity index is 781. The summed E-state index contributed by atoms with van der Waals surface area (Å²) < 4.78 is 26.6. The van der Waals surface area contributed by atoms with Gasteiger partial charge in [0.25, 0.3) is 10.0 Å². The maximum Gasteiger partial charge on any atom is 0.261 e. The summed E-state index contributed by atoms with van der Waals surface area (Å²) in [5.41, 5.74) is 0.697. The normalized spacial score (nSPS) is 10.8. The predicted octanol–water partition coefficient (Wildman–Crippen LogP) is 3.67. The SMILES string of the molecule is N#Cc1ccc(S(=O)(=O)Nc2ccc(Cl)c(Cl)c2)cc1. The lowest BCUT2D eigenvalue weighted by molar-refractivity contribution is 0.601. The quantitative estimate of drug-likeness (QED) is 0.935. The fraction of sp³-hybridized carbons (Fsp3) is 0. The van der Waals surface area contributed by atoms with E-state index >= 15 is 0 Å². The molecule has 0 aromatic heterocycles. The van der Waals surface area contributed by atoms with Gasteiger partial charge in [-0.1, -0.05) is 23.2 Å². The number of nitrogens with zero attached hydrogens (tertiary/aromatic N) is 1. The van der Waals surface area contributed by atoms with Crippen molar-refractivity contribution in [1.29, 1.82) is 5.26 Å². The number of nitriles is 1. The standard InChI is InChI=1S/C13H8Cl2N2O2S/c14-12-6-3-10(7-13(12)15)17-20(18,19)11-4-1-9(8-16)2-5-11/h1-7,17H. The first-order valence-electron chi connectivity index (χ1n) is 5.40. The van der Waals surface area contributed by atoms with E-state index in [-0.39, 0.29) is 9.92 Å². The molecule has 0 saturated carbocycles. The van der Waals surface area contributed by atoms with Crippen LogP contribution >= 0.6 is 23.2 Å². The second-order valence-corrected chi connectivity index (χ2v) is 6.37. The maximum absolute atomic E-state index is 12.1. The molecule has 0 heterocycles. The van der Waals surface area contributed by atoms with E-state index in [1.54, 1.807) is 0 Å². The molecule has 0 fully saturated rings. The minimum absolute atomic E-state index is 0.0579. The van der Waals surface area contributed by atoms with Crippen molar-refractivity contribution < 1.29 is 8.42 Å². The van der Waals surface area contributed by atoms with Gasteiger partial charge < -0.3 is 0 Å². The Hall–Kier alpha value is -1.74. The Morgan fingerprint density at radius 2 is 1.65 bits per heavy atom. The molecule has 0 aliphatic rings. The maximum atomic E-state index is 12.1. The molecular formula is C13H8Cl2N2O2S. The third-order valence-corrected chi connectivity index (χ3v) is 4.60. The van der Waals surface area contributed by atoms with Gasteiger partial charge in [-0.3, -0.25) is 4.72 Å². The molecule has 0 amide bonds. The Labute approximate surface area is 126 Å². The number of benzene rings is 2. The topological polar surface area (TPSA) is 70.0 Å². The van der Waals surface area contributed by atoms with Crippen LogP contribution in [0.5, 0.6) is 0 Å². The molecular weight excluding hydrogens is 319 g/mol. The van der Waals surface area contributed by atoms with Crippen molar-refractivity contribution in [3.05, 3.63) is 58.1 Å². The van der Waals surface area contributed by atoms with Gasteiger partial charge in [0, 0.05) is 0 Å². The van der Waals surface area contributed by atoms with Crippen LogP contribution in [-0.2, 0) is 10.0 Å². The summed E-state index contributed by atoms with van der Waals surface area (Å²) in [5.74, 6) is 0. The summed E-state index contributed by atoms with van der Waals surface area (Å²) in [6.07, 6.45) is 0. The van der Waals surface area contributed by atoms with Crippen LogP contribution in [0.3, 0.4) is 0 Å². The van der Waals surface area contributed by atoms with E-state index in [9.17, 15) is 8.42 Å². The summed E-state index contributed by atoms with van der Waals surface area (Å²) in [5, 5.41) is 9.28. The van der Waals surface area contributed by atoms with Crippen LogP contribution in [0.4, 0.5) is 5.69 Å². The zero-order valence-corrected chi connectivity index (χ0v) is 12.3. The molecule has 0 spiro atoms. The van der Waals surface area contributed by atoms with Gasteiger partial charge in [-0.2, -0.15) is 5.26 Å². The molecule has 2 aromatic carbocycles. The molecule has 20 heavy (non-hydrogen) atoms. The van der Waals surface area contributed by atoms with Crippen molar-refractivity contribution in [1.82, 2.24) is 0 Å². The first-order chi connectivity index (χ1) is 9.42. The molecule has 0 bridgehead atoms. The molecule has 102 valence electrons. The van der Waals surface area contributed by atoms with Crippen LogP contribution in [0.15, 0.2) is 47.4 Å². The summed E-state index contributed by atoms with van der Waals surface area (Å²) in [4.78, 5) is 0.0579. The van der Waals surface area contributed by atoms with Crippen LogP contribution in [0, 0.1) is 11.3 Å². The number of rotatable bonds is 3. The highest BCUT2D eigenvalue weighted by Crippen LogP contribution is 2.26. The zero-order valence-electron chi connectivity index (χ0n) is 9.97. The van der Waals surface area contributed by atoms with Crippen molar-refractivity contribution in [2.75, 3.05) is 4.72 Å². The number of nitrogens with one attached hydrogen (secondary N) is 1. The van der Waals surface area contributed by atoms with Crippen LogP contribution in [-0.4, -0.2) is 8.42 Å². The number of hydrogen-bond acceptors (Lipinski definition) is 3. The minimum Gasteiger partial charge on any atom is -0.280 e. The summed E-state index contributed by atoms with van der Waals surface area (Å²) in [7, 11) is -3.73. The van der Waals surface area contributed by atoms with Crippen molar-refractivity contribution in [3.63, 3.8) is 0 Å². The van der Waals surface area contributed by atoms with E-state index in [1.807, 2.05) is 6.07 Å². The smallest absolute Gasteiger partial charge is 0.261 e. The number of anilines is 1. The van der Waals surface area contributed by atoms with Crippen molar-refractivity contribution in [2.45, 2.75) is 4.90 Å². The van der Waals surface area contributed by atoms with E-state index < -0.39 is 10.0 Å². The Balaban J connectivity index is 2.30. The van der Waals surface area contributed by atoms with E-state index in [4.69, 9.17) is 28.5 Å². The molecule has 1 N–H and O–H groups in total. The number of hydrogen-bond donors (Lipinski definition) is 1. The Kier molecular flexibility index (Phi) is 4.19. The minimum atomic E-state index is -3.73. The van der Waals surface area contributed by atoms with E-state index in [0.717, 1.165) is 0 Å². The average Bonchev–Trinajstić information content (AvgIpc) is 2.43. The molecule has 4 nitrogen and oxygen atoms in total. The Morgan fingerprint density at radius 3 is 2.20 bits per heavy atom. The van der Waals surface area contributed by atoms with Crippen molar-refractivity contribution in [3.8, 4) is 6.07 Å². The van der Waals surface area contributed by atoms with Gasteiger partial charge in [0.05, 0.1) is 32.3 Å². The molecule has 2 aromatic rings. The number of halogens is 2. The van der Waals surface area contributed by atoms with Gasteiger partial charge in [-0.15, -0.1) is 0 Å². The summed E-state index contributed by atoms with van der Waals surface area (Å²) in [6, 6.07) is 11.9. The third-order valence-electron chi connectivity index (χ3n) is 2.47. The van der Waals surface area contributed by atoms with Gasteiger partial charge in [-0.25, -0.2) is 8.42 Å². The molecule has 7 heteroatoms. The van der Waals surface area contributed by atoms with Crippen LogP contribution < -0.4 is 4.72 Å². The zero-order chi connectivity index (χ0) is 14.8. The van der Waals surface area contributed by atoms with Gasteiger partial charge in [0.15, 0.2) is 0 Å². The average molecular weight is 327 g/mol. The fourth-order valence-corrected chi connectivity index (χ4v) is 2.83. The van der Waals surface area contributed by atoms with Crippen LogP contribution in [0.1, 0.15) is 5.56 Å². The Morgan fingerprint density at radius 1 is 1.00 bits per heavy atom. The van der Waals surface area contributed by atoms with Gasteiger partial charge in [0.1, 0.15) is 0 Å². The molecule has 0 aliphatic carbocycles. The molecule has 0 aliphatic heterocycles. The largest absolute Gasteiger partial charge is 0.280 e. The van der Waals surface area contributed by atoms with Gasteiger partial charge in [-0.05, 0) is 42.5 Å². The third kappa shape index (κ3) is 3.23. The first-order valence-corrected chi connectivity index (χ1v) is 7.64. The fourth-order valence-electron chi connectivity index (χ4n) is 1.48. The van der Waals surface area contributed by atoms with Gasteiger partial charge >= 0.3 is 0 Å². The van der Waals surface area contributed by atoms with E-state index in [1.165, 1.54) is 42.5 Å².